The minimum Gasteiger partial charge on any atom is -0.206 e. The predicted molar refractivity (Wildman–Crippen MR) is 56.0 cm³/mol. The molecule has 13 heavy (non-hydrogen) atoms. The van der Waals surface area contributed by atoms with Gasteiger partial charge in [-0.3, -0.25) is 0 Å². The number of allylic oxidation sites excluding steroid dienone is 4. The van der Waals surface area contributed by atoms with Crippen molar-refractivity contribution in [3.05, 3.63) is 23.9 Å². The molecule has 70 valence electrons. The van der Waals surface area contributed by atoms with Crippen molar-refractivity contribution in [3.63, 3.8) is 0 Å². The van der Waals surface area contributed by atoms with E-state index in [9.17, 15) is 0 Å². The zero-order valence-electron chi connectivity index (χ0n) is 8.96. The lowest BCUT2D eigenvalue weighted by molar-refractivity contribution is -0.443. The molecule has 0 fully saturated rings. The fraction of sp³-hybridized carbons (Fsp3) is 0.583. The summed E-state index contributed by atoms with van der Waals surface area (Å²) in [7, 11) is 2.18. The first-order chi connectivity index (χ1) is 6.05. The molecule has 0 aromatic heterocycles. The first-order valence-electron chi connectivity index (χ1n) is 4.99. The molecule has 0 bridgehead atoms. The van der Waals surface area contributed by atoms with Crippen molar-refractivity contribution in [2.24, 2.45) is 11.3 Å². The van der Waals surface area contributed by atoms with Crippen LogP contribution in [0.5, 0.6) is 0 Å². The monoisotopic (exact) mass is 176 g/mol. The van der Waals surface area contributed by atoms with Gasteiger partial charge in [0.2, 0.25) is 0 Å². The molecule has 1 unspecified atom stereocenters. The summed E-state index contributed by atoms with van der Waals surface area (Å²) >= 11 is 0. The zero-order valence-corrected chi connectivity index (χ0v) is 8.96. The second kappa shape index (κ2) is 2.57. The third kappa shape index (κ3) is 1.03. The molecule has 0 radical (unpaired) electrons. The maximum atomic E-state index is 2.36. The molecule has 0 aromatic rings. The Hall–Kier alpha value is -0.850. The van der Waals surface area contributed by atoms with Crippen LogP contribution < -0.4 is 0 Å². The van der Waals surface area contributed by atoms with Gasteiger partial charge in [0.1, 0.15) is 7.05 Å². The smallest absolute Gasteiger partial charge is 0.185 e. The van der Waals surface area contributed by atoms with E-state index in [4.69, 9.17) is 0 Å². The van der Waals surface area contributed by atoms with Gasteiger partial charge in [-0.2, -0.15) is 0 Å². The van der Waals surface area contributed by atoms with Crippen LogP contribution in [0.2, 0.25) is 0 Å². The van der Waals surface area contributed by atoms with E-state index in [1.54, 1.807) is 0 Å². The molecule has 0 saturated carbocycles. The minimum absolute atomic E-state index is 0.339. The Morgan fingerprint density at radius 2 is 2.15 bits per heavy atom. The maximum absolute atomic E-state index is 2.36. The second-order valence-corrected chi connectivity index (χ2v) is 4.67. The van der Waals surface area contributed by atoms with Crippen LogP contribution in [-0.2, 0) is 0 Å². The molecule has 0 N–H and O–H groups in total. The Kier molecular flexibility index (Phi) is 1.73. The van der Waals surface area contributed by atoms with Crippen LogP contribution in [0.1, 0.15) is 27.2 Å². The molecule has 0 spiro atoms. The third-order valence-corrected chi connectivity index (χ3v) is 3.83. The van der Waals surface area contributed by atoms with Crippen molar-refractivity contribution in [1.29, 1.82) is 0 Å². The normalized spacial score (nSPS) is 30.5. The predicted octanol–water partition coefficient (Wildman–Crippen LogP) is 2.59. The minimum atomic E-state index is 0.339. The van der Waals surface area contributed by atoms with Gasteiger partial charge in [-0.25, -0.2) is 4.58 Å². The highest BCUT2D eigenvalue weighted by Crippen LogP contribution is 2.43. The molecule has 0 aromatic carbocycles. The number of fused-ring (bicyclic) bond motifs is 1. The number of rotatable bonds is 0. The van der Waals surface area contributed by atoms with Gasteiger partial charge in [0, 0.05) is 13.0 Å². The quantitative estimate of drug-likeness (QED) is 0.499. The topological polar surface area (TPSA) is 3.01 Å². The summed E-state index contributed by atoms with van der Waals surface area (Å²) in [6.07, 6.45) is 7.91. The Labute approximate surface area is 80.5 Å². The van der Waals surface area contributed by atoms with Crippen LogP contribution >= 0.6 is 0 Å². The van der Waals surface area contributed by atoms with Crippen LogP contribution in [0, 0.1) is 11.3 Å². The lowest BCUT2D eigenvalue weighted by Gasteiger charge is -2.23. The molecule has 0 saturated heterocycles. The summed E-state index contributed by atoms with van der Waals surface area (Å²) < 4.78 is 2.36. The van der Waals surface area contributed by atoms with Crippen LogP contribution in [0.3, 0.4) is 0 Å². The van der Waals surface area contributed by atoms with E-state index >= 15 is 0 Å². The molecule has 1 aliphatic heterocycles. The van der Waals surface area contributed by atoms with Gasteiger partial charge in [0.05, 0.1) is 11.3 Å². The van der Waals surface area contributed by atoms with Gasteiger partial charge in [-0.15, -0.1) is 0 Å². The summed E-state index contributed by atoms with van der Waals surface area (Å²) in [6, 6.07) is 0. The van der Waals surface area contributed by atoms with Crippen molar-refractivity contribution < 1.29 is 4.58 Å². The highest BCUT2D eigenvalue weighted by molar-refractivity contribution is 5.85. The average molecular weight is 176 g/mol. The van der Waals surface area contributed by atoms with E-state index < -0.39 is 0 Å². The highest BCUT2D eigenvalue weighted by atomic mass is 15.0. The average Bonchev–Trinajstić information content (AvgIpc) is 2.30. The van der Waals surface area contributed by atoms with Gasteiger partial charge in [0.15, 0.2) is 11.4 Å². The third-order valence-electron chi connectivity index (χ3n) is 3.83. The van der Waals surface area contributed by atoms with E-state index in [1.807, 2.05) is 0 Å². The van der Waals surface area contributed by atoms with E-state index in [-0.39, 0.29) is 0 Å². The maximum Gasteiger partial charge on any atom is 0.185 e. The summed E-state index contributed by atoms with van der Waals surface area (Å²) in [6.45, 7) is 6.95. The molecule has 2 aliphatic rings. The van der Waals surface area contributed by atoms with Crippen LogP contribution in [0.25, 0.3) is 0 Å². The lowest BCUT2D eigenvalue weighted by Crippen LogP contribution is -2.26. The Bertz CT molecular complexity index is 329. The van der Waals surface area contributed by atoms with E-state index in [2.05, 4.69) is 50.6 Å². The molecular formula is C12H18N+. The lowest BCUT2D eigenvalue weighted by atomic mass is 9.74. The van der Waals surface area contributed by atoms with Crippen molar-refractivity contribution in [2.45, 2.75) is 27.2 Å². The van der Waals surface area contributed by atoms with Crippen molar-refractivity contribution in [2.75, 3.05) is 7.05 Å². The molecule has 1 atom stereocenters. The molecule has 1 aliphatic carbocycles. The van der Waals surface area contributed by atoms with Crippen LogP contribution in [0.15, 0.2) is 23.9 Å². The Morgan fingerprint density at radius 3 is 2.77 bits per heavy atom. The first kappa shape index (κ1) is 8.74. The summed E-state index contributed by atoms with van der Waals surface area (Å²) in [4.78, 5) is 0. The van der Waals surface area contributed by atoms with Crippen LogP contribution in [0.4, 0.5) is 0 Å². The van der Waals surface area contributed by atoms with E-state index in [0.717, 1.165) is 0 Å². The van der Waals surface area contributed by atoms with Crippen molar-refractivity contribution in [1.82, 2.24) is 0 Å². The largest absolute Gasteiger partial charge is 0.206 e. The SMILES string of the molecule is CC1=[N+](C)C2=CC=CCC2C1(C)C. The molecule has 0 amide bonds. The van der Waals surface area contributed by atoms with E-state index in [0.29, 0.717) is 11.3 Å². The standard InChI is InChI=1S/C12H18N/c1-9-12(2,3)10-7-5-6-8-11(10)13(9)4/h5-6,8,10H,7H2,1-4H3/q+1. The van der Waals surface area contributed by atoms with Crippen LogP contribution in [-0.4, -0.2) is 17.3 Å². The van der Waals surface area contributed by atoms with Gasteiger partial charge in [-0.1, -0.05) is 12.2 Å². The number of hydrogen-bond donors (Lipinski definition) is 0. The Morgan fingerprint density at radius 1 is 1.46 bits per heavy atom. The number of hydrogen-bond acceptors (Lipinski definition) is 0. The molecule has 1 nitrogen and oxygen atoms in total. The summed E-state index contributed by atoms with van der Waals surface area (Å²) in [5.74, 6) is 0.697. The molecule has 1 heteroatoms. The highest BCUT2D eigenvalue weighted by Gasteiger charge is 2.48. The van der Waals surface area contributed by atoms with Crippen molar-refractivity contribution >= 4 is 5.71 Å². The molecule has 2 rings (SSSR count). The fourth-order valence-electron chi connectivity index (χ4n) is 2.51. The first-order valence-corrected chi connectivity index (χ1v) is 4.99. The van der Waals surface area contributed by atoms with Gasteiger partial charge < -0.3 is 0 Å². The van der Waals surface area contributed by atoms with Gasteiger partial charge in [0.25, 0.3) is 0 Å². The summed E-state index contributed by atoms with van der Waals surface area (Å²) in [5, 5.41) is 0. The Balaban J connectivity index is 2.53. The zero-order chi connectivity index (χ0) is 9.64. The fourth-order valence-corrected chi connectivity index (χ4v) is 2.51. The summed E-state index contributed by atoms with van der Waals surface area (Å²) in [5.41, 5.74) is 3.32. The number of nitrogens with zero attached hydrogens (tertiary/aromatic N) is 1. The van der Waals surface area contributed by atoms with Gasteiger partial charge in [-0.05, 0) is 20.3 Å². The molecular weight excluding hydrogens is 158 g/mol. The van der Waals surface area contributed by atoms with E-state index in [1.165, 1.54) is 17.8 Å². The molecule has 1 heterocycles. The second-order valence-electron chi connectivity index (χ2n) is 4.67. The van der Waals surface area contributed by atoms with Crippen molar-refractivity contribution in [3.8, 4) is 0 Å². The van der Waals surface area contributed by atoms with Gasteiger partial charge >= 0.3 is 0 Å².